The lowest BCUT2D eigenvalue weighted by Crippen LogP contribution is -2.08. The second-order valence-electron chi connectivity index (χ2n) is 5.34. The molecule has 2 N–H and O–H groups in total. The van der Waals surface area contributed by atoms with Crippen molar-refractivity contribution in [2.75, 3.05) is 0 Å². The summed E-state index contributed by atoms with van der Waals surface area (Å²) in [5, 5.41) is 17.0. The summed E-state index contributed by atoms with van der Waals surface area (Å²) in [6.07, 6.45) is 20.3. The molecule has 22 heavy (non-hydrogen) atoms. The fourth-order valence-corrected chi connectivity index (χ4v) is 2.11. The Morgan fingerprint density at radius 1 is 1.00 bits per heavy atom. The smallest absolute Gasteiger partial charge is 0.328 e. The van der Waals surface area contributed by atoms with Gasteiger partial charge in [-0.1, -0.05) is 69.4 Å². The van der Waals surface area contributed by atoms with Crippen LogP contribution in [0.15, 0.2) is 36.5 Å². The van der Waals surface area contributed by atoms with Crippen LogP contribution in [0, 0.1) is 0 Å². The maximum atomic E-state index is 10.2. The van der Waals surface area contributed by atoms with Crippen LogP contribution >= 0.6 is 0 Å². The SMILES string of the molecule is CCC(CCCCCCCCC=CC=CC=CC(=O)O)OO. The third-order valence-electron chi connectivity index (χ3n) is 3.46. The monoisotopic (exact) mass is 310 g/mol. The lowest BCUT2D eigenvalue weighted by molar-refractivity contribution is -0.280. The van der Waals surface area contributed by atoms with Crippen molar-refractivity contribution in [1.29, 1.82) is 0 Å². The highest BCUT2D eigenvalue weighted by Crippen LogP contribution is 2.12. The van der Waals surface area contributed by atoms with Crippen molar-refractivity contribution in [3.8, 4) is 0 Å². The van der Waals surface area contributed by atoms with Crippen molar-refractivity contribution in [2.24, 2.45) is 0 Å². The number of hydrogen-bond acceptors (Lipinski definition) is 3. The van der Waals surface area contributed by atoms with Crippen LogP contribution < -0.4 is 0 Å². The van der Waals surface area contributed by atoms with Gasteiger partial charge in [-0.15, -0.1) is 0 Å². The normalized spacial score (nSPS) is 13.5. The minimum absolute atomic E-state index is 0.00327. The van der Waals surface area contributed by atoms with E-state index in [4.69, 9.17) is 10.4 Å². The summed E-state index contributed by atoms with van der Waals surface area (Å²) in [5.74, 6) is -0.928. The highest BCUT2D eigenvalue weighted by Gasteiger charge is 2.04. The van der Waals surface area contributed by atoms with Gasteiger partial charge in [-0.3, -0.25) is 5.26 Å². The van der Waals surface area contributed by atoms with E-state index in [1.807, 2.05) is 19.1 Å². The van der Waals surface area contributed by atoms with Crippen molar-refractivity contribution in [1.82, 2.24) is 0 Å². The van der Waals surface area contributed by atoms with Crippen LogP contribution in [0.2, 0.25) is 0 Å². The first-order valence-electron chi connectivity index (χ1n) is 8.23. The average molecular weight is 310 g/mol. The number of carbonyl (C=O) groups is 1. The molecule has 0 amide bonds. The van der Waals surface area contributed by atoms with Crippen LogP contribution in [-0.2, 0) is 9.68 Å². The van der Waals surface area contributed by atoms with E-state index in [2.05, 4.69) is 11.0 Å². The summed E-state index contributed by atoms with van der Waals surface area (Å²) in [6.45, 7) is 2.02. The molecule has 0 bridgehead atoms. The molecule has 4 nitrogen and oxygen atoms in total. The second kappa shape index (κ2) is 16.0. The molecule has 0 fully saturated rings. The predicted octanol–water partition coefficient (Wildman–Crippen LogP) is 5.13. The number of rotatable bonds is 14. The minimum Gasteiger partial charge on any atom is -0.478 e. The van der Waals surface area contributed by atoms with E-state index in [1.54, 1.807) is 6.08 Å². The summed E-state index contributed by atoms with van der Waals surface area (Å²) >= 11 is 0. The zero-order chi connectivity index (χ0) is 16.5. The molecule has 0 rings (SSSR count). The number of aliphatic carboxylic acids is 1. The Bertz CT molecular complexity index is 341. The quantitative estimate of drug-likeness (QED) is 0.153. The fourth-order valence-electron chi connectivity index (χ4n) is 2.11. The summed E-state index contributed by atoms with van der Waals surface area (Å²) in [5.41, 5.74) is 0. The van der Waals surface area contributed by atoms with Crippen molar-refractivity contribution >= 4 is 5.97 Å². The van der Waals surface area contributed by atoms with Gasteiger partial charge in [0.15, 0.2) is 0 Å². The minimum atomic E-state index is -0.928. The molecule has 0 aromatic heterocycles. The van der Waals surface area contributed by atoms with Crippen molar-refractivity contribution in [3.63, 3.8) is 0 Å². The molecule has 126 valence electrons. The van der Waals surface area contributed by atoms with E-state index in [0.29, 0.717) is 0 Å². The topological polar surface area (TPSA) is 66.8 Å². The number of unbranched alkanes of at least 4 members (excludes halogenated alkanes) is 6. The molecule has 0 aromatic carbocycles. The highest BCUT2D eigenvalue weighted by molar-refractivity contribution is 5.80. The number of carboxylic acid groups (broad SMARTS) is 1. The first kappa shape index (κ1) is 20.6. The molecule has 0 aromatic rings. The summed E-state index contributed by atoms with van der Waals surface area (Å²) in [7, 11) is 0. The highest BCUT2D eigenvalue weighted by atomic mass is 17.1. The van der Waals surface area contributed by atoms with E-state index < -0.39 is 5.97 Å². The van der Waals surface area contributed by atoms with Crippen LogP contribution in [0.25, 0.3) is 0 Å². The summed E-state index contributed by atoms with van der Waals surface area (Å²) < 4.78 is 0. The van der Waals surface area contributed by atoms with Gasteiger partial charge in [-0.05, 0) is 25.7 Å². The predicted molar refractivity (Wildman–Crippen MR) is 89.8 cm³/mol. The molecule has 4 heteroatoms. The molecule has 0 saturated carbocycles. The molecular weight excluding hydrogens is 280 g/mol. The van der Waals surface area contributed by atoms with Gasteiger partial charge in [-0.2, -0.15) is 0 Å². The van der Waals surface area contributed by atoms with Crippen LogP contribution in [0.3, 0.4) is 0 Å². The molecule has 0 aliphatic carbocycles. The molecule has 0 radical (unpaired) electrons. The molecule has 0 aliphatic rings. The van der Waals surface area contributed by atoms with Gasteiger partial charge in [0, 0.05) is 6.08 Å². The van der Waals surface area contributed by atoms with E-state index in [9.17, 15) is 4.79 Å². The third-order valence-corrected chi connectivity index (χ3v) is 3.46. The van der Waals surface area contributed by atoms with Crippen molar-refractivity contribution < 1.29 is 20.0 Å². The number of hydrogen-bond donors (Lipinski definition) is 2. The van der Waals surface area contributed by atoms with Gasteiger partial charge in [0.2, 0.25) is 0 Å². The standard InChI is InChI=1S/C18H30O4/c1-2-17(22-21)15-13-11-9-7-5-3-4-6-8-10-12-14-16-18(19)20/h6,8,10,12,14,16-17,21H,2-5,7,9,11,13,15H2,1H3,(H,19,20). The molecule has 0 spiro atoms. The van der Waals surface area contributed by atoms with Gasteiger partial charge >= 0.3 is 5.97 Å². The van der Waals surface area contributed by atoms with Gasteiger partial charge in [0.1, 0.15) is 0 Å². The molecule has 1 atom stereocenters. The molecule has 0 saturated heterocycles. The van der Waals surface area contributed by atoms with E-state index >= 15 is 0 Å². The van der Waals surface area contributed by atoms with Crippen LogP contribution in [0.4, 0.5) is 0 Å². The van der Waals surface area contributed by atoms with Gasteiger partial charge in [0.05, 0.1) is 6.10 Å². The summed E-state index contributed by atoms with van der Waals surface area (Å²) in [6, 6.07) is 0. The van der Waals surface area contributed by atoms with Crippen LogP contribution in [0.1, 0.15) is 64.7 Å². The second-order valence-corrected chi connectivity index (χ2v) is 5.34. The van der Waals surface area contributed by atoms with Crippen LogP contribution in [-0.4, -0.2) is 22.4 Å². The first-order chi connectivity index (χ1) is 10.7. The molecular formula is C18H30O4. The van der Waals surface area contributed by atoms with Gasteiger partial charge in [-0.25, -0.2) is 9.68 Å². The molecule has 1 unspecified atom stereocenters. The zero-order valence-electron chi connectivity index (χ0n) is 13.6. The number of allylic oxidation sites excluding steroid dienone is 5. The Morgan fingerprint density at radius 2 is 1.64 bits per heavy atom. The lowest BCUT2D eigenvalue weighted by Gasteiger charge is -2.09. The fraction of sp³-hybridized carbons (Fsp3) is 0.611. The lowest BCUT2D eigenvalue weighted by atomic mass is 10.1. The maximum Gasteiger partial charge on any atom is 0.328 e. The van der Waals surface area contributed by atoms with Crippen molar-refractivity contribution in [3.05, 3.63) is 36.5 Å². The average Bonchev–Trinajstić information content (AvgIpc) is 2.51. The largest absolute Gasteiger partial charge is 0.478 e. The third kappa shape index (κ3) is 15.0. The number of carboxylic acids is 1. The first-order valence-corrected chi connectivity index (χ1v) is 8.23. The Morgan fingerprint density at radius 3 is 2.27 bits per heavy atom. The van der Waals surface area contributed by atoms with Gasteiger partial charge in [0.25, 0.3) is 0 Å². The molecule has 0 aliphatic heterocycles. The van der Waals surface area contributed by atoms with E-state index in [-0.39, 0.29) is 6.10 Å². The Balaban J connectivity index is 3.34. The van der Waals surface area contributed by atoms with E-state index in [0.717, 1.165) is 31.8 Å². The summed E-state index contributed by atoms with van der Waals surface area (Å²) in [4.78, 5) is 14.6. The molecule has 0 heterocycles. The Kier molecular flexibility index (Phi) is 15.0. The van der Waals surface area contributed by atoms with Crippen molar-refractivity contribution in [2.45, 2.75) is 70.8 Å². The van der Waals surface area contributed by atoms with E-state index in [1.165, 1.54) is 38.2 Å². The van der Waals surface area contributed by atoms with Gasteiger partial charge < -0.3 is 5.11 Å². The Hall–Kier alpha value is -1.39. The zero-order valence-corrected chi connectivity index (χ0v) is 13.6. The van der Waals surface area contributed by atoms with Crippen LogP contribution in [0.5, 0.6) is 0 Å². The Labute approximate surface area is 134 Å². The maximum absolute atomic E-state index is 10.2.